The topological polar surface area (TPSA) is 59.8 Å². The minimum atomic E-state index is -0.367. The van der Waals surface area contributed by atoms with Crippen molar-refractivity contribution in [3.63, 3.8) is 0 Å². The molecule has 3 aromatic rings. The van der Waals surface area contributed by atoms with Gasteiger partial charge in [0.25, 0.3) is 5.91 Å². The van der Waals surface area contributed by atoms with Gasteiger partial charge in [-0.25, -0.2) is 9.07 Å². The predicted octanol–water partition coefficient (Wildman–Crippen LogP) is 4.04. The molecule has 0 saturated carbocycles. The molecule has 0 aliphatic carbocycles. The van der Waals surface area contributed by atoms with E-state index >= 15 is 0 Å². The van der Waals surface area contributed by atoms with Crippen molar-refractivity contribution in [2.75, 3.05) is 5.32 Å². The van der Waals surface area contributed by atoms with Gasteiger partial charge in [0, 0.05) is 10.2 Å². The number of amides is 1. The molecule has 0 unspecified atom stereocenters. The van der Waals surface area contributed by atoms with Crippen LogP contribution in [0.5, 0.6) is 0 Å². The van der Waals surface area contributed by atoms with Crippen molar-refractivity contribution in [3.05, 3.63) is 69.7 Å². The lowest BCUT2D eigenvalue weighted by molar-refractivity contribution is 0.102. The number of carbonyl (C=O) groups excluding carboxylic acids is 1. The van der Waals surface area contributed by atoms with E-state index in [-0.39, 0.29) is 17.4 Å². The molecule has 1 amide bonds. The van der Waals surface area contributed by atoms with E-state index in [1.165, 1.54) is 10.7 Å². The minimum absolute atomic E-state index is 0.193. The van der Waals surface area contributed by atoms with Crippen LogP contribution in [0.15, 0.2) is 46.9 Å². The Morgan fingerprint density at radius 1 is 1.17 bits per heavy atom. The number of carbonyl (C=O) groups is 1. The van der Waals surface area contributed by atoms with Gasteiger partial charge >= 0.3 is 0 Å². The number of aryl methyl sites for hydroxylation is 1. The molecule has 1 aromatic heterocycles. The van der Waals surface area contributed by atoms with Crippen LogP contribution in [0.3, 0.4) is 0 Å². The second kappa shape index (κ2) is 6.52. The molecule has 5 nitrogen and oxygen atoms in total. The molecule has 1 N–H and O–H groups in total. The van der Waals surface area contributed by atoms with Crippen LogP contribution in [0.2, 0.25) is 0 Å². The summed E-state index contributed by atoms with van der Waals surface area (Å²) in [5.41, 5.74) is 2.45. The van der Waals surface area contributed by atoms with Crippen LogP contribution >= 0.6 is 15.9 Å². The van der Waals surface area contributed by atoms with Crippen LogP contribution < -0.4 is 5.32 Å². The van der Waals surface area contributed by atoms with E-state index in [1.807, 2.05) is 12.1 Å². The van der Waals surface area contributed by atoms with Crippen LogP contribution in [0.4, 0.5) is 10.1 Å². The molecule has 0 fully saturated rings. The average molecular weight is 389 g/mol. The normalized spacial score (nSPS) is 10.7. The van der Waals surface area contributed by atoms with Crippen molar-refractivity contribution in [2.45, 2.75) is 13.8 Å². The summed E-state index contributed by atoms with van der Waals surface area (Å²) in [7, 11) is 0. The van der Waals surface area contributed by atoms with Gasteiger partial charge in [-0.15, -0.1) is 5.10 Å². The van der Waals surface area contributed by atoms with Gasteiger partial charge in [-0.05, 0) is 55.8 Å². The smallest absolute Gasteiger partial charge is 0.278 e. The summed E-state index contributed by atoms with van der Waals surface area (Å²) in [6.07, 6.45) is 0. The van der Waals surface area contributed by atoms with Crippen LogP contribution in [0, 0.1) is 19.7 Å². The fraction of sp³-hybridized carbons (Fsp3) is 0.118. The lowest BCUT2D eigenvalue weighted by atomic mass is 10.2. The highest BCUT2D eigenvalue weighted by Crippen LogP contribution is 2.18. The Morgan fingerprint density at radius 3 is 2.54 bits per heavy atom. The first-order chi connectivity index (χ1) is 11.5. The Morgan fingerprint density at radius 2 is 1.88 bits per heavy atom. The summed E-state index contributed by atoms with van der Waals surface area (Å²) in [5.74, 6) is -0.697. The summed E-state index contributed by atoms with van der Waals surface area (Å²) in [5, 5.41) is 10.7. The number of nitrogens with one attached hydrogen (secondary N) is 1. The molecule has 0 aliphatic rings. The first kappa shape index (κ1) is 16.3. The van der Waals surface area contributed by atoms with Gasteiger partial charge in [-0.2, -0.15) is 0 Å². The van der Waals surface area contributed by atoms with Crippen LogP contribution in [-0.2, 0) is 0 Å². The predicted molar refractivity (Wildman–Crippen MR) is 92.9 cm³/mol. The fourth-order valence-corrected chi connectivity index (χ4v) is 2.49. The largest absolute Gasteiger partial charge is 0.321 e. The van der Waals surface area contributed by atoms with Gasteiger partial charge in [-0.1, -0.05) is 27.2 Å². The molecule has 122 valence electrons. The van der Waals surface area contributed by atoms with Crippen molar-refractivity contribution in [2.24, 2.45) is 0 Å². The van der Waals surface area contributed by atoms with Crippen molar-refractivity contribution < 1.29 is 9.18 Å². The summed E-state index contributed by atoms with van der Waals surface area (Å²) < 4.78 is 16.1. The van der Waals surface area contributed by atoms with Crippen LogP contribution in [-0.4, -0.2) is 20.9 Å². The Kier molecular flexibility index (Phi) is 4.44. The Labute approximate surface area is 146 Å². The zero-order valence-electron chi connectivity index (χ0n) is 13.0. The zero-order valence-corrected chi connectivity index (χ0v) is 14.6. The van der Waals surface area contributed by atoms with E-state index in [4.69, 9.17) is 0 Å². The number of aromatic nitrogens is 3. The SMILES string of the molecule is Cc1ccc(-n2nnc(C(=O)Nc3ccc(Br)cc3)c2C)cc1F. The standard InChI is InChI=1S/C17H14BrFN4O/c1-10-3-8-14(9-15(10)19)23-11(2)16(21-22-23)17(24)20-13-6-4-12(18)5-7-13/h3-9H,1-2H3,(H,20,24). The molecule has 0 aliphatic heterocycles. The lowest BCUT2D eigenvalue weighted by Gasteiger charge is -2.06. The lowest BCUT2D eigenvalue weighted by Crippen LogP contribution is -2.14. The van der Waals surface area contributed by atoms with Crippen LogP contribution in [0.25, 0.3) is 5.69 Å². The number of halogens is 2. The van der Waals surface area contributed by atoms with Gasteiger partial charge < -0.3 is 5.32 Å². The van der Waals surface area contributed by atoms with Crippen molar-refractivity contribution in [1.29, 1.82) is 0 Å². The van der Waals surface area contributed by atoms with Crippen molar-refractivity contribution >= 4 is 27.5 Å². The highest BCUT2D eigenvalue weighted by molar-refractivity contribution is 9.10. The molecule has 3 rings (SSSR count). The third-order valence-electron chi connectivity index (χ3n) is 3.61. The number of anilines is 1. The third-order valence-corrected chi connectivity index (χ3v) is 4.14. The third kappa shape index (κ3) is 3.21. The second-order valence-corrected chi connectivity index (χ2v) is 6.25. The molecule has 1 heterocycles. The van der Waals surface area contributed by atoms with Gasteiger partial charge in [-0.3, -0.25) is 4.79 Å². The van der Waals surface area contributed by atoms with E-state index in [2.05, 4.69) is 31.6 Å². The van der Waals surface area contributed by atoms with E-state index in [1.54, 1.807) is 38.1 Å². The number of rotatable bonds is 3. The number of hydrogen-bond acceptors (Lipinski definition) is 3. The zero-order chi connectivity index (χ0) is 17.3. The van der Waals surface area contributed by atoms with E-state index in [0.717, 1.165) is 4.47 Å². The first-order valence-electron chi connectivity index (χ1n) is 7.21. The number of hydrogen-bond donors (Lipinski definition) is 1. The van der Waals surface area contributed by atoms with E-state index < -0.39 is 0 Å². The molecule has 0 bridgehead atoms. The van der Waals surface area contributed by atoms with Gasteiger partial charge in [0.1, 0.15) is 5.82 Å². The molecular weight excluding hydrogens is 375 g/mol. The van der Waals surface area contributed by atoms with Crippen LogP contribution in [0.1, 0.15) is 21.7 Å². The maximum Gasteiger partial charge on any atom is 0.278 e. The maximum absolute atomic E-state index is 13.7. The van der Waals surface area contributed by atoms with Gasteiger partial charge in [0.2, 0.25) is 0 Å². The van der Waals surface area contributed by atoms with Gasteiger partial charge in [0.05, 0.1) is 11.4 Å². The maximum atomic E-state index is 13.7. The quantitative estimate of drug-likeness (QED) is 0.736. The molecule has 24 heavy (non-hydrogen) atoms. The molecule has 2 aromatic carbocycles. The Hall–Kier alpha value is -2.54. The van der Waals surface area contributed by atoms with Crippen molar-refractivity contribution in [1.82, 2.24) is 15.0 Å². The molecule has 0 spiro atoms. The number of benzene rings is 2. The summed E-state index contributed by atoms with van der Waals surface area (Å²) in [6.45, 7) is 3.40. The van der Waals surface area contributed by atoms with Gasteiger partial charge in [0.15, 0.2) is 5.69 Å². The monoisotopic (exact) mass is 388 g/mol. The Balaban J connectivity index is 1.87. The molecule has 0 saturated heterocycles. The first-order valence-corrected chi connectivity index (χ1v) is 8.01. The molecule has 0 radical (unpaired) electrons. The minimum Gasteiger partial charge on any atom is -0.321 e. The highest BCUT2D eigenvalue weighted by Gasteiger charge is 2.18. The molecular formula is C17H14BrFN4O. The molecule has 7 heteroatoms. The average Bonchev–Trinajstić information content (AvgIpc) is 2.94. The molecule has 0 atom stereocenters. The summed E-state index contributed by atoms with van der Waals surface area (Å²) >= 11 is 3.34. The fourth-order valence-electron chi connectivity index (χ4n) is 2.22. The van der Waals surface area contributed by atoms with Crippen molar-refractivity contribution in [3.8, 4) is 5.69 Å². The summed E-state index contributed by atoms with van der Waals surface area (Å²) in [4.78, 5) is 12.4. The second-order valence-electron chi connectivity index (χ2n) is 5.33. The van der Waals surface area contributed by atoms with E-state index in [0.29, 0.717) is 22.6 Å². The Bertz CT molecular complexity index is 905. The highest BCUT2D eigenvalue weighted by atomic mass is 79.9. The summed E-state index contributed by atoms with van der Waals surface area (Å²) in [6, 6.07) is 12.0. The number of nitrogens with zero attached hydrogens (tertiary/aromatic N) is 3. The van der Waals surface area contributed by atoms with E-state index in [9.17, 15) is 9.18 Å².